The predicted molar refractivity (Wildman–Crippen MR) is 64.3 cm³/mol. The summed E-state index contributed by atoms with van der Waals surface area (Å²) in [5.41, 5.74) is 2.69. The maximum atomic E-state index is 5.01. The fraction of sp³-hybridized carbons (Fsp3) is 0.364. The Kier molecular flexibility index (Phi) is 4.40. The fourth-order valence-electron chi connectivity index (χ4n) is 1.34. The molecule has 0 fully saturated rings. The average molecular weight is 208 g/mol. The zero-order valence-electron chi connectivity index (χ0n) is 8.63. The van der Waals surface area contributed by atoms with E-state index in [2.05, 4.69) is 41.8 Å². The lowest BCUT2D eigenvalue weighted by Crippen LogP contribution is -2.32. The first kappa shape index (κ1) is 11.0. The fourth-order valence-corrected chi connectivity index (χ4v) is 1.41. The maximum absolute atomic E-state index is 5.01. The van der Waals surface area contributed by atoms with Crippen LogP contribution in [-0.2, 0) is 13.0 Å². The van der Waals surface area contributed by atoms with E-state index in [4.69, 9.17) is 12.2 Å². The minimum Gasteiger partial charge on any atom is -0.366 e. The molecule has 1 rings (SSSR count). The summed E-state index contributed by atoms with van der Waals surface area (Å²) >= 11 is 5.01. The first-order valence-electron chi connectivity index (χ1n) is 4.80. The van der Waals surface area contributed by atoms with E-state index >= 15 is 0 Å². The lowest BCUT2D eigenvalue weighted by Gasteiger charge is -2.10. The molecule has 2 nitrogen and oxygen atoms in total. The molecule has 0 radical (unpaired) electrons. The third-order valence-electron chi connectivity index (χ3n) is 2.17. The molecule has 14 heavy (non-hydrogen) atoms. The molecule has 0 unspecified atom stereocenters. The molecule has 0 atom stereocenters. The van der Waals surface area contributed by atoms with Gasteiger partial charge in [-0.2, -0.15) is 0 Å². The van der Waals surface area contributed by atoms with Gasteiger partial charge in [0.2, 0.25) is 0 Å². The largest absolute Gasteiger partial charge is 0.366 e. The van der Waals surface area contributed by atoms with Gasteiger partial charge in [-0.3, -0.25) is 0 Å². The van der Waals surface area contributed by atoms with Gasteiger partial charge in [-0.25, -0.2) is 0 Å². The van der Waals surface area contributed by atoms with Gasteiger partial charge in [0.25, 0.3) is 0 Å². The van der Waals surface area contributed by atoms with Crippen LogP contribution in [0.5, 0.6) is 0 Å². The zero-order chi connectivity index (χ0) is 10.4. The van der Waals surface area contributed by atoms with E-state index in [1.54, 1.807) is 0 Å². The van der Waals surface area contributed by atoms with Crippen molar-refractivity contribution < 1.29 is 0 Å². The number of rotatable bonds is 3. The van der Waals surface area contributed by atoms with E-state index in [9.17, 15) is 0 Å². The van der Waals surface area contributed by atoms with E-state index in [1.165, 1.54) is 11.1 Å². The highest BCUT2D eigenvalue weighted by Gasteiger charge is 1.99. The van der Waals surface area contributed by atoms with Gasteiger partial charge in [-0.05, 0) is 29.8 Å². The maximum Gasteiger partial charge on any atom is 0.166 e. The molecule has 76 valence electrons. The van der Waals surface area contributed by atoms with Gasteiger partial charge in [-0.15, -0.1) is 0 Å². The molecule has 1 aromatic rings. The van der Waals surface area contributed by atoms with Gasteiger partial charge in [-0.1, -0.05) is 31.2 Å². The molecule has 0 heterocycles. The lowest BCUT2D eigenvalue weighted by atomic mass is 10.1. The summed E-state index contributed by atoms with van der Waals surface area (Å²) in [5, 5.41) is 6.73. The van der Waals surface area contributed by atoms with Crippen LogP contribution in [-0.4, -0.2) is 12.2 Å². The van der Waals surface area contributed by atoms with Crippen molar-refractivity contribution >= 4 is 17.3 Å². The smallest absolute Gasteiger partial charge is 0.166 e. The summed E-state index contributed by atoms with van der Waals surface area (Å²) in [4.78, 5) is 0. The van der Waals surface area contributed by atoms with Crippen LogP contribution in [0.3, 0.4) is 0 Å². The molecule has 3 heteroatoms. The molecule has 0 saturated heterocycles. The van der Waals surface area contributed by atoms with Crippen LogP contribution in [0.1, 0.15) is 18.1 Å². The van der Waals surface area contributed by atoms with Gasteiger partial charge < -0.3 is 10.6 Å². The summed E-state index contributed by atoms with van der Waals surface area (Å²) < 4.78 is 0. The molecule has 2 N–H and O–H groups in total. The molecule has 0 bridgehead atoms. The van der Waals surface area contributed by atoms with Crippen LogP contribution >= 0.6 is 12.2 Å². The normalized spacial score (nSPS) is 9.57. The van der Waals surface area contributed by atoms with E-state index in [1.807, 2.05) is 7.05 Å². The highest BCUT2D eigenvalue weighted by Crippen LogP contribution is 2.08. The molecule has 1 aromatic carbocycles. The molecule has 0 amide bonds. The summed E-state index contributed by atoms with van der Waals surface area (Å²) in [6.45, 7) is 2.96. The highest BCUT2D eigenvalue weighted by atomic mass is 32.1. The van der Waals surface area contributed by atoms with Gasteiger partial charge in [0.1, 0.15) is 0 Å². The molecule has 0 saturated carbocycles. The van der Waals surface area contributed by atoms with Crippen LogP contribution < -0.4 is 10.6 Å². The first-order chi connectivity index (χ1) is 6.77. The van der Waals surface area contributed by atoms with Crippen molar-refractivity contribution in [2.75, 3.05) is 7.05 Å². The van der Waals surface area contributed by atoms with Crippen LogP contribution in [0.4, 0.5) is 0 Å². The monoisotopic (exact) mass is 208 g/mol. The Morgan fingerprint density at radius 1 is 1.29 bits per heavy atom. The standard InChI is InChI=1S/C11H16N2S/c1-3-9-6-4-5-7-10(9)8-13-11(14)12-2/h4-7H,3,8H2,1-2H3,(H2,12,13,14). The van der Waals surface area contributed by atoms with Crippen LogP contribution in [0.15, 0.2) is 24.3 Å². The van der Waals surface area contributed by atoms with Crippen LogP contribution in [0.25, 0.3) is 0 Å². The van der Waals surface area contributed by atoms with Gasteiger partial charge in [0, 0.05) is 13.6 Å². The Balaban J connectivity index is 2.61. The summed E-state index contributed by atoms with van der Waals surface area (Å²) in [7, 11) is 1.82. The number of hydrogen-bond acceptors (Lipinski definition) is 1. The van der Waals surface area contributed by atoms with E-state index in [0.717, 1.165) is 13.0 Å². The second-order valence-corrected chi connectivity index (χ2v) is 3.46. The minimum absolute atomic E-state index is 0.691. The molecular weight excluding hydrogens is 192 g/mol. The Morgan fingerprint density at radius 3 is 2.50 bits per heavy atom. The van der Waals surface area contributed by atoms with Gasteiger partial charge >= 0.3 is 0 Å². The van der Waals surface area contributed by atoms with Gasteiger partial charge in [0.15, 0.2) is 5.11 Å². The predicted octanol–water partition coefficient (Wildman–Crippen LogP) is 1.84. The second-order valence-electron chi connectivity index (χ2n) is 3.05. The average Bonchev–Trinajstić information content (AvgIpc) is 2.26. The second kappa shape index (κ2) is 5.60. The molecule has 0 aliphatic heterocycles. The van der Waals surface area contributed by atoms with E-state index in [0.29, 0.717) is 5.11 Å². The topological polar surface area (TPSA) is 24.1 Å². The Bertz CT molecular complexity index is 310. The Hall–Kier alpha value is -1.09. The first-order valence-corrected chi connectivity index (χ1v) is 5.21. The molecule has 0 spiro atoms. The van der Waals surface area contributed by atoms with E-state index in [-0.39, 0.29) is 0 Å². The van der Waals surface area contributed by atoms with Crippen molar-refractivity contribution in [2.45, 2.75) is 19.9 Å². The zero-order valence-corrected chi connectivity index (χ0v) is 9.45. The van der Waals surface area contributed by atoms with Gasteiger partial charge in [0.05, 0.1) is 0 Å². The summed E-state index contributed by atoms with van der Waals surface area (Å²) in [6.07, 6.45) is 1.06. The third-order valence-corrected chi connectivity index (χ3v) is 2.51. The Labute approximate surface area is 90.7 Å². The van der Waals surface area contributed by atoms with E-state index < -0.39 is 0 Å². The minimum atomic E-state index is 0.691. The van der Waals surface area contributed by atoms with Crippen molar-refractivity contribution in [3.05, 3.63) is 35.4 Å². The van der Waals surface area contributed by atoms with Crippen LogP contribution in [0.2, 0.25) is 0 Å². The lowest BCUT2D eigenvalue weighted by molar-refractivity contribution is 0.873. The molecule has 0 aliphatic carbocycles. The number of hydrogen-bond donors (Lipinski definition) is 2. The number of aryl methyl sites for hydroxylation is 1. The number of thiocarbonyl (C=S) groups is 1. The molecule has 0 aliphatic rings. The SMILES string of the molecule is CCc1ccccc1CNC(=S)NC. The number of nitrogens with one attached hydrogen (secondary N) is 2. The third kappa shape index (κ3) is 3.00. The summed E-state index contributed by atoms with van der Waals surface area (Å²) in [5.74, 6) is 0. The molecular formula is C11H16N2S. The summed E-state index contributed by atoms with van der Waals surface area (Å²) in [6, 6.07) is 8.40. The Morgan fingerprint density at radius 2 is 1.93 bits per heavy atom. The van der Waals surface area contributed by atoms with Crippen molar-refractivity contribution in [1.29, 1.82) is 0 Å². The van der Waals surface area contributed by atoms with Crippen molar-refractivity contribution in [2.24, 2.45) is 0 Å². The van der Waals surface area contributed by atoms with Crippen molar-refractivity contribution in [3.8, 4) is 0 Å². The van der Waals surface area contributed by atoms with Crippen LogP contribution in [0, 0.1) is 0 Å². The highest BCUT2D eigenvalue weighted by molar-refractivity contribution is 7.80. The van der Waals surface area contributed by atoms with Crippen molar-refractivity contribution in [1.82, 2.24) is 10.6 Å². The quantitative estimate of drug-likeness (QED) is 0.741. The molecule has 0 aromatic heterocycles. The van der Waals surface area contributed by atoms with Crippen molar-refractivity contribution in [3.63, 3.8) is 0 Å². The number of benzene rings is 1.